The summed E-state index contributed by atoms with van der Waals surface area (Å²) in [6.45, 7) is 8.43. The molecule has 3 rings (SSSR count). The Labute approximate surface area is 166 Å². The summed E-state index contributed by atoms with van der Waals surface area (Å²) in [5.41, 5.74) is 1.63. The maximum atomic E-state index is 2.47. The molecule has 26 heavy (non-hydrogen) atoms. The Balaban J connectivity index is 2.02. The summed E-state index contributed by atoms with van der Waals surface area (Å²) in [6.07, 6.45) is 4.89. The summed E-state index contributed by atoms with van der Waals surface area (Å²) < 4.78 is 4.64. The zero-order valence-corrected chi connectivity index (χ0v) is 19.4. The molecule has 0 unspecified atom stereocenters. The molecular weight excluding hydrogens is 393 g/mol. The van der Waals surface area contributed by atoms with Crippen molar-refractivity contribution < 1.29 is 0 Å². The van der Waals surface area contributed by atoms with Crippen LogP contribution in [-0.4, -0.2) is 48.3 Å². The number of nitrogens with zero attached hydrogens (tertiary/aromatic N) is 1. The third kappa shape index (κ3) is 4.53. The first kappa shape index (κ1) is 19.9. The van der Waals surface area contributed by atoms with E-state index < -0.39 is 22.7 Å². The molecule has 3 heteroatoms. The summed E-state index contributed by atoms with van der Waals surface area (Å²) in [5, 5.41) is 0. The number of benzene rings is 2. The standard InChI is InChI=1S/C23H29AsNSi/c1-25(2)18-21-22(16-17-23(21)26(3,4)5)24(19-12-8-6-9-13-19)20-14-10-7-11-15-20/h6-17H,18H2,1-5H3. The van der Waals surface area contributed by atoms with E-state index >= 15 is 0 Å². The summed E-state index contributed by atoms with van der Waals surface area (Å²) in [5.74, 6) is 1.60. The second-order valence-electron chi connectivity index (χ2n) is 8.11. The molecule has 2 aromatic rings. The Hall–Kier alpha value is -0.825. The van der Waals surface area contributed by atoms with Gasteiger partial charge in [-0.05, 0) is 0 Å². The van der Waals surface area contributed by atoms with Crippen molar-refractivity contribution in [3.8, 4) is 0 Å². The first-order chi connectivity index (χ1) is 12.4. The first-order valence-electron chi connectivity index (χ1n) is 9.22. The van der Waals surface area contributed by atoms with Gasteiger partial charge in [0.05, 0.1) is 0 Å². The molecule has 1 nitrogen and oxygen atoms in total. The predicted molar refractivity (Wildman–Crippen MR) is 118 cm³/mol. The van der Waals surface area contributed by atoms with E-state index in [1.165, 1.54) is 8.70 Å². The minimum absolute atomic E-state index is 1.03. The van der Waals surface area contributed by atoms with Crippen LogP contribution in [0, 0.1) is 29.0 Å². The molecule has 0 saturated heterocycles. The molecule has 135 valence electrons. The third-order valence-electron chi connectivity index (χ3n) is 4.59. The van der Waals surface area contributed by atoms with E-state index in [0.717, 1.165) is 6.54 Å². The van der Waals surface area contributed by atoms with Gasteiger partial charge in [0.25, 0.3) is 0 Å². The Morgan fingerprint density at radius 2 is 1.27 bits per heavy atom. The molecule has 2 aromatic carbocycles. The van der Waals surface area contributed by atoms with Crippen LogP contribution < -0.4 is 8.70 Å². The van der Waals surface area contributed by atoms with Gasteiger partial charge in [0.15, 0.2) is 0 Å². The average molecular weight is 423 g/mol. The average Bonchev–Trinajstić information content (AvgIpc) is 3.00. The van der Waals surface area contributed by atoms with E-state index in [2.05, 4.69) is 112 Å². The van der Waals surface area contributed by atoms with E-state index in [-0.39, 0.29) is 0 Å². The molecule has 0 N–H and O–H groups in total. The van der Waals surface area contributed by atoms with Gasteiger partial charge >= 0.3 is 166 Å². The van der Waals surface area contributed by atoms with Gasteiger partial charge in [-0.25, -0.2) is 0 Å². The van der Waals surface area contributed by atoms with Gasteiger partial charge in [0, 0.05) is 0 Å². The summed E-state index contributed by atoms with van der Waals surface area (Å²) in [6, 6.07) is 22.3. The normalized spacial score (nSPS) is 17.5. The summed E-state index contributed by atoms with van der Waals surface area (Å²) in [4.78, 5) is 2.32. The number of rotatable bonds is 6. The molecular formula is C23H29AsNSi. The van der Waals surface area contributed by atoms with Gasteiger partial charge in [-0.15, -0.1) is 0 Å². The predicted octanol–water partition coefficient (Wildman–Crippen LogP) is 3.42. The molecule has 0 aliphatic heterocycles. The summed E-state index contributed by atoms with van der Waals surface area (Å²) >= 11 is -1.55. The van der Waals surface area contributed by atoms with Crippen molar-refractivity contribution in [3.05, 3.63) is 89.7 Å². The molecule has 5 radical (unpaired) electrons. The van der Waals surface area contributed by atoms with Crippen molar-refractivity contribution in [1.82, 2.24) is 4.90 Å². The van der Waals surface area contributed by atoms with Gasteiger partial charge in [-0.3, -0.25) is 0 Å². The topological polar surface area (TPSA) is 3.24 Å². The van der Waals surface area contributed by atoms with E-state index in [0.29, 0.717) is 0 Å². The molecule has 1 aliphatic rings. The number of hydrogen-bond donors (Lipinski definition) is 0. The molecule has 0 atom stereocenters. The minimum atomic E-state index is -1.55. The van der Waals surface area contributed by atoms with Gasteiger partial charge < -0.3 is 0 Å². The monoisotopic (exact) mass is 422 g/mol. The van der Waals surface area contributed by atoms with Gasteiger partial charge in [-0.2, -0.15) is 0 Å². The zero-order valence-electron chi connectivity index (χ0n) is 16.5. The van der Waals surface area contributed by atoms with Crippen LogP contribution in [0.4, 0.5) is 0 Å². The van der Waals surface area contributed by atoms with Crippen molar-refractivity contribution in [2.45, 2.75) is 19.6 Å². The maximum absolute atomic E-state index is 2.47. The Morgan fingerprint density at radius 3 is 1.69 bits per heavy atom. The molecule has 0 amide bonds. The zero-order chi connectivity index (χ0) is 18.7. The van der Waals surface area contributed by atoms with Crippen LogP contribution in [0.25, 0.3) is 0 Å². The van der Waals surface area contributed by atoms with E-state index in [9.17, 15) is 0 Å². The molecule has 0 aromatic heterocycles. The molecule has 1 aliphatic carbocycles. The van der Waals surface area contributed by atoms with Gasteiger partial charge in [0.2, 0.25) is 0 Å². The van der Waals surface area contributed by atoms with Gasteiger partial charge in [-0.1, -0.05) is 0 Å². The van der Waals surface area contributed by atoms with Crippen LogP contribution in [0.1, 0.15) is 0 Å². The Bertz CT molecular complexity index is 641. The first-order valence-corrected chi connectivity index (χ1v) is 15.5. The van der Waals surface area contributed by atoms with Crippen LogP contribution in [0.5, 0.6) is 0 Å². The molecule has 1 saturated carbocycles. The van der Waals surface area contributed by atoms with Crippen LogP contribution >= 0.6 is 0 Å². The second kappa shape index (κ2) is 8.46. The molecule has 0 bridgehead atoms. The van der Waals surface area contributed by atoms with E-state index in [1.807, 2.05) is 0 Å². The Kier molecular flexibility index (Phi) is 6.48. The second-order valence-corrected chi connectivity index (χ2v) is 17.7. The number of hydrogen-bond acceptors (Lipinski definition) is 1. The van der Waals surface area contributed by atoms with Crippen LogP contribution in [0.2, 0.25) is 19.6 Å². The van der Waals surface area contributed by atoms with Crippen LogP contribution in [0.3, 0.4) is 0 Å². The summed E-state index contributed by atoms with van der Waals surface area (Å²) in [7, 11) is 3.00. The third-order valence-corrected chi connectivity index (χ3v) is 12.0. The fraction of sp³-hybridized carbons (Fsp3) is 0.261. The van der Waals surface area contributed by atoms with Crippen molar-refractivity contribution in [1.29, 1.82) is 0 Å². The van der Waals surface area contributed by atoms with E-state index in [1.54, 1.807) is 16.2 Å². The molecule has 0 spiro atoms. The fourth-order valence-corrected chi connectivity index (χ4v) is 10.6. The van der Waals surface area contributed by atoms with Gasteiger partial charge in [0.1, 0.15) is 0 Å². The van der Waals surface area contributed by atoms with Crippen LogP contribution in [-0.2, 0) is 0 Å². The fourth-order valence-electron chi connectivity index (χ4n) is 3.48. The molecule has 1 fully saturated rings. The van der Waals surface area contributed by atoms with Crippen molar-refractivity contribution >= 4 is 31.4 Å². The Morgan fingerprint density at radius 1 is 0.769 bits per heavy atom. The SMILES string of the molecule is CN(C)C[C]1[C]([As](c2ccccc2)c2ccccc2)[CH][CH][C]1[Si](C)(C)C. The van der Waals surface area contributed by atoms with Crippen molar-refractivity contribution in [3.63, 3.8) is 0 Å². The van der Waals surface area contributed by atoms with Crippen LogP contribution in [0.15, 0.2) is 60.7 Å². The van der Waals surface area contributed by atoms with Crippen molar-refractivity contribution in [2.24, 2.45) is 0 Å². The van der Waals surface area contributed by atoms with E-state index in [4.69, 9.17) is 0 Å². The molecule has 0 heterocycles. The quantitative estimate of drug-likeness (QED) is 0.645. The van der Waals surface area contributed by atoms with Crippen molar-refractivity contribution in [2.75, 3.05) is 20.6 Å².